The molecule has 116 valence electrons. The average molecular weight is 306 g/mol. The lowest BCUT2D eigenvalue weighted by Gasteiger charge is -2.07. The van der Waals surface area contributed by atoms with E-state index < -0.39 is 6.61 Å². The Hall–Kier alpha value is -2.50. The van der Waals surface area contributed by atoms with Gasteiger partial charge in [-0.25, -0.2) is 0 Å². The molecule has 4 nitrogen and oxygen atoms in total. The minimum Gasteiger partial charge on any atom is -0.435 e. The molecule has 0 aliphatic carbocycles. The molecule has 0 saturated carbocycles. The summed E-state index contributed by atoms with van der Waals surface area (Å²) in [5, 5.41) is 2.81. The summed E-state index contributed by atoms with van der Waals surface area (Å²) in [4.78, 5) is 15.8. The monoisotopic (exact) mass is 306 g/mol. The molecule has 0 bridgehead atoms. The van der Waals surface area contributed by atoms with Crippen molar-refractivity contribution < 1.29 is 18.3 Å². The van der Waals surface area contributed by atoms with Gasteiger partial charge in [0.1, 0.15) is 5.75 Å². The Bertz CT molecular complexity index is 589. The maximum atomic E-state index is 12.0. The van der Waals surface area contributed by atoms with Crippen LogP contribution in [-0.4, -0.2) is 24.0 Å². The van der Waals surface area contributed by atoms with Gasteiger partial charge in [0.05, 0.1) is 6.42 Å². The lowest BCUT2D eigenvalue weighted by atomic mass is 10.1. The van der Waals surface area contributed by atoms with Crippen LogP contribution in [0.5, 0.6) is 5.75 Å². The SMILES string of the molecule is O=C(Cc1ccc(OC(F)F)cc1)NCCc1cccnc1. The predicted octanol–water partition coefficient (Wildman–Crippen LogP) is 2.58. The number of hydrogen-bond donors (Lipinski definition) is 1. The zero-order valence-electron chi connectivity index (χ0n) is 11.8. The lowest BCUT2D eigenvalue weighted by molar-refractivity contribution is -0.120. The lowest BCUT2D eigenvalue weighted by Crippen LogP contribution is -2.27. The quantitative estimate of drug-likeness (QED) is 0.855. The fourth-order valence-corrected chi connectivity index (χ4v) is 1.93. The summed E-state index contributed by atoms with van der Waals surface area (Å²) in [5.74, 6) is -0.0397. The molecule has 1 aromatic carbocycles. The van der Waals surface area contributed by atoms with Crippen molar-refractivity contribution in [3.8, 4) is 5.75 Å². The molecule has 6 heteroatoms. The normalized spacial score (nSPS) is 10.5. The fourth-order valence-electron chi connectivity index (χ4n) is 1.93. The van der Waals surface area contributed by atoms with Crippen LogP contribution in [0.15, 0.2) is 48.8 Å². The van der Waals surface area contributed by atoms with Crippen LogP contribution in [0.4, 0.5) is 8.78 Å². The predicted molar refractivity (Wildman–Crippen MR) is 77.7 cm³/mol. The van der Waals surface area contributed by atoms with E-state index in [0.717, 1.165) is 11.1 Å². The summed E-state index contributed by atoms with van der Waals surface area (Å²) in [7, 11) is 0. The Morgan fingerprint density at radius 3 is 2.59 bits per heavy atom. The van der Waals surface area contributed by atoms with Crippen molar-refractivity contribution in [3.05, 3.63) is 59.9 Å². The van der Waals surface area contributed by atoms with E-state index in [9.17, 15) is 13.6 Å². The van der Waals surface area contributed by atoms with E-state index in [0.29, 0.717) is 13.0 Å². The number of aromatic nitrogens is 1. The molecule has 0 aliphatic heterocycles. The second kappa shape index (κ2) is 8.07. The van der Waals surface area contributed by atoms with Crippen molar-refractivity contribution in [2.75, 3.05) is 6.54 Å². The number of ether oxygens (including phenoxy) is 1. The van der Waals surface area contributed by atoms with Crippen LogP contribution in [0.1, 0.15) is 11.1 Å². The summed E-state index contributed by atoms with van der Waals surface area (Å²) in [5.41, 5.74) is 1.79. The maximum absolute atomic E-state index is 12.0. The molecule has 1 heterocycles. The van der Waals surface area contributed by atoms with Crippen LogP contribution in [-0.2, 0) is 17.6 Å². The molecule has 2 aromatic rings. The zero-order valence-corrected chi connectivity index (χ0v) is 11.8. The molecular formula is C16H16F2N2O2. The Morgan fingerprint density at radius 1 is 1.18 bits per heavy atom. The second-order valence-corrected chi connectivity index (χ2v) is 4.66. The van der Waals surface area contributed by atoms with Gasteiger partial charge < -0.3 is 10.1 Å². The molecule has 0 fully saturated rings. The van der Waals surface area contributed by atoms with Crippen LogP contribution in [0, 0.1) is 0 Å². The molecule has 0 unspecified atom stereocenters. The number of benzene rings is 1. The van der Waals surface area contributed by atoms with E-state index in [-0.39, 0.29) is 18.1 Å². The Morgan fingerprint density at radius 2 is 1.95 bits per heavy atom. The highest BCUT2D eigenvalue weighted by Gasteiger charge is 2.06. The van der Waals surface area contributed by atoms with E-state index in [1.807, 2.05) is 12.1 Å². The van der Waals surface area contributed by atoms with E-state index in [1.54, 1.807) is 24.5 Å². The number of amides is 1. The first-order chi connectivity index (χ1) is 10.6. The van der Waals surface area contributed by atoms with E-state index in [1.165, 1.54) is 12.1 Å². The van der Waals surface area contributed by atoms with Gasteiger partial charge in [0, 0.05) is 18.9 Å². The number of hydrogen-bond acceptors (Lipinski definition) is 3. The molecule has 1 amide bonds. The van der Waals surface area contributed by atoms with Crippen LogP contribution >= 0.6 is 0 Å². The summed E-state index contributed by atoms with van der Waals surface area (Å²) in [6.07, 6.45) is 4.36. The van der Waals surface area contributed by atoms with Crippen LogP contribution in [0.2, 0.25) is 0 Å². The molecule has 1 N–H and O–H groups in total. The summed E-state index contributed by atoms with van der Waals surface area (Å²) in [6.45, 7) is -2.32. The molecule has 0 saturated heterocycles. The van der Waals surface area contributed by atoms with Crippen molar-refractivity contribution in [1.29, 1.82) is 0 Å². The third kappa shape index (κ3) is 5.47. The minimum atomic E-state index is -2.85. The number of alkyl halides is 2. The van der Waals surface area contributed by atoms with Crippen molar-refractivity contribution in [2.24, 2.45) is 0 Å². The molecule has 22 heavy (non-hydrogen) atoms. The van der Waals surface area contributed by atoms with Crippen LogP contribution in [0.25, 0.3) is 0 Å². The van der Waals surface area contributed by atoms with E-state index in [4.69, 9.17) is 0 Å². The van der Waals surface area contributed by atoms with Crippen molar-refractivity contribution in [3.63, 3.8) is 0 Å². The number of rotatable bonds is 7. The average Bonchev–Trinajstić information content (AvgIpc) is 2.50. The highest BCUT2D eigenvalue weighted by molar-refractivity contribution is 5.78. The largest absolute Gasteiger partial charge is 0.435 e. The van der Waals surface area contributed by atoms with Crippen molar-refractivity contribution in [2.45, 2.75) is 19.5 Å². The molecule has 0 aliphatic rings. The third-order valence-corrected chi connectivity index (χ3v) is 2.97. The fraction of sp³-hybridized carbons (Fsp3) is 0.250. The number of pyridine rings is 1. The zero-order chi connectivity index (χ0) is 15.8. The summed E-state index contributed by atoms with van der Waals surface area (Å²) >= 11 is 0. The number of halogens is 2. The molecule has 1 aromatic heterocycles. The Balaban J connectivity index is 1.74. The highest BCUT2D eigenvalue weighted by Crippen LogP contribution is 2.15. The van der Waals surface area contributed by atoms with Crippen molar-refractivity contribution in [1.82, 2.24) is 10.3 Å². The molecule has 0 radical (unpaired) electrons. The topological polar surface area (TPSA) is 51.2 Å². The first-order valence-electron chi connectivity index (χ1n) is 6.83. The minimum absolute atomic E-state index is 0.0794. The number of nitrogens with zero attached hydrogens (tertiary/aromatic N) is 1. The second-order valence-electron chi connectivity index (χ2n) is 4.66. The number of nitrogens with one attached hydrogen (secondary N) is 1. The Labute approximate surface area is 127 Å². The maximum Gasteiger partial charge on any atom is 0.387 e. The van der Waals surface area contributed by atoms with Gasteiger partial charge in [-0.3, -0.25) is 9.78 Å². The molecule has 0 spiro atoms. The van der Waals surface area contributed by atoms with E-state index >= 15 is 0 Å². The van der Waals surface area contributed by atoms with Crippen LogP contribution < -0.4 is 10.1 Å². The van der Waals surface area contributed by atoms with Gasteiger partial charge in [-0.1, -0.05) is 18.2 Å². The van der Waals surface area contributed by atoms with Crippen molar-refractivity contribution >= 4 is 5.91 Å². The van der Waals surface area contributed by atoms with Gasteiger partial charge >= 0.3 is 6.61 Å². The van der Waals surface area contributed by atoms with Gasteiger partial charge in [-0.05, 0) is 35.7 Å². The van der Waals surface area contributed by atoms with Gasteiger partial charge in [0.2, 0.25) is 5.91 Å². The van der Waals surface area contributed by atoms with Gasteiger partial charge in [-0.2, -0.15) is 8.78 Å². The number of carbonyl (C=O) groups excluding carboxylic acids is 1. The van der Waals surface area contributed by atoms with Gasteiger partial charge in [-0.15, -0.1) is 0 Å². The molecule has 0 atom stereocenters. The third-order valence-electron chi connectivity index (χ3n) is 2.97. The summed E-state index contributed by atoms with van der Waals surface area (Å²) < 4.78 is 28.3. The van der Waals surface area contributed by atoms with E-state index in [2.05, 4.69) is 15.0 Å². The summed E-state index contributed by atoms with van der Waals surface area (Å²) in [6, 6.07) is 9.83. The smallest absolute Gasteiger partial charge is 0.387 e. The standard InChI is InChI=1S/C16H16F2N2O2/c17-16(18)22-14-5-3-12(4-6-14)10-15(21)20-9-7-13-2-1-8-19-11-13/h1-6,8,11,16H,7,9-10H2,(H,20,21). The molecule has 2 rings (SSSR count). The first kappa shape index (κ1) is 15.9. The molecular weight excluding hydrogens is 290 g/mol. The first-order valence-corrected chi connectivity index (χ1v) is 6.83. The highest BCUT2D eigenvalue weighted by atomic mass is 19.3. The number of carbonyl (C=O) groups is 1. The Kier molecular flexibility index (Phi) is 5.82. The van der Waals surface area contributed by atoms with Gasteiger partial charge in [0.25, 0.3) is 0 Å². The van der Waals surface area contributed by atoms with Crippen LogP contribution in [0.3, 0.4) is 0 Å². The van der Waals surface area contributed by atoms with Gasteiger partial charge in [0.15, 0.2) is 0 Å².